The maximum absolute atomic E-state index is 10.6. The van der Waals surface area contributed by atoms with Gasteiger partial charge in [0.25, 0.3) is 0 Å². The number of aliphatic hydroxyl groups excluding tert-OH is 1. The fourth-order valence-corrected chi connectivity index (χ4v) is 0.474. The van der Waals surface area contributed by atoms with Gasteiger partial charge in [0.2, 0.25) is 0 Å². The molecule has 0 amide bonds. The normalized spacial score (nSPS) is 12.2. The average Bonchev–Trinajstić information content (AvgIpc) is 1.88. The van der Waals surface area contributed by atoms with Crippen LogP contribution in [-0.4, -0.2) is 23.8 Å². The Morgan fingerprint density at radius 2 is 2.50 bits per heavy atom. The molecule has 0 rings (SSSR count). The standard InChI is InChI=1S/C7H12O3/c1-3-6(8)5-7(9)10-4-2/h3,6,8H,1,4-5H2,2H3. The molecule has 58 valence electrons. The molecule has 0 radical (unpaired) electrons. The minimum absolute atomic E-state index is 0.00264. The van der Waals surface area contributed by atoms with E-state index in [0.29, 0.717) is 6.61 Å². The molecule has 0 aromatic carbocycles. The predicted molar refractivity (Wildman–Crippen MR) is 37.5 cm³/mol. The number of esters is 1. The molecule has 3 heteroatoms. The zero-order valence-corrected chi connectivity index (χ0v) is 6.04. The van der Waals surface area contributed by atoms with Crippen LogP contribution in [0.3, 0.4) is 0 Å². The predicted octanol–water partition coefficient (Wildman–Crippen LogP) is 0.486. The number of carbonyl (C=O) groups is 1. The van der Waals surface area contributed by atoms with Crippen LogP contribution in [0.5, 0.6) is 0 Å². The van der Waals surface area contributed by atoms with Crippen molar-refractivity contribution in [1.82, 2.24) is 0 Å². The van der Waals surface area contributed by atoms with Crippen LogP contribution in [0, 0.1) is 0 Å². The quantitative estimate of drug-likeness (QED) is 0.461. The smallest absolute Gasteiger partial charge is 0.308 e. The summed E-state index contributed by atoms with van der Waals surface area (Å²) in [6.07, 6.45) is 0.521. The van der Waals surface area contributed by atoms with Gasteiger partial charge in [-0.05, 0) is 6.92 Å². The first-order valence-electron chi connectivity index (χ1n) is 3.17. The first-order valence-corrected chi connectivity index (χ1v) is 3.17. The second kappa shape index (κ2) is 4.99. The van der Waals surface area contributed by atoms with Crippen molar-refractivity contribution in [2.24, 2.45) is 0 Å². The third-order valence-electron chi connectivity index (χ3n) is 0.953. The van der Waals surface area contributed by atoms with E-state index in [0.717, 1.165) is 0 Å². The van der Waals surface area contributed by atoms with Crippen molar-refractivity contribution in [3.05, 3.63) is 12.7 Å². The van der Waals surface area contributed by atoms with Crippen molar-refractivity contribution in [3.8, 4) is 0 Å². The molecule has 0 heterocycles. The van der Waals surface area contributed by atoms with Gasteiger partial charge in [-0.1, -0.05) is 6.08 Å². The second-order valence-corrected chi connectivity index (χ2v) is 1.81. The number of ether oxygens (including phenoxy) is 1. The first kappa shape index (κ1) is 9.17. The van der Waals surface area contributed by atoms with Gasteiger partial charge >= 0.3 is 5.97 Å². The Hall–Kier alpha value is -0.830. The SMILES string of the molecule is C=CC(O)CC(=O)OCC. The third-order valence-corrected chi connectivity index (χ3v) is 0.953. The summed E-state index contributed by atoms with van der Waals surface area (Å²) in [6.45, 7) is 5.39. The summed E-state index contributed by atoms with van der Waals surface area (Å²) >= 11 is 0. The van der Waals surface area contributed by atoms with E-state index in [9.17, 15) is 4.79 Å². The molecule has 1 unspecified atom stereocenters. The van der Waals surface area contributed by atoms with Gasteiger partial charge in [0.15, 0.2) is 0 Å². The zero-order chi connectivity index (χ0) is 7.98. The minimum Gasteiger partial charge on any atom is -0.466 e. The van der Waals surface area contributed by atoms with Crippen LogP contribution in [0.4, 0.5) is 0 Å². The lowest BCUT2D eigenvalue weighted by atomic mass is 10.2. The number of rotatable bonds is 4. The second-order valence-electron chi connectivity index (χ2n) is 1.81. The lowest BCUT2D eigenvalue weighted by Crippen LogP contribution is -2.12. The van der Waals surface area contributed by atoms with Gasteiger partial charge in [0.1, 0.15) is 0 Å². The van der Waals surface area contributed by atoms with E-state index in [-0.39, 0.29) is 6.42 Å². The summed E-state index contributed by atoms with van der Waals surface area (Å²) in [5.74, 6) is -0.394. The van der Waals surface area contributed by atoms with Gasteiger partial charge in [0, 0.05) is 0 Å². The molecule has 1 atom stereocenters. The molecule has 3 nitrogen and oxygen atoms in total. The van der Waals surface area contributed by atoms with Crippen molar-refractivity contribution in [2.75, 3.05) is 6.61 Å². The molecular formula is C7H12O3. The Kier molecular flexibility index (Phi) is 4.58. The highest BCUT2D eigenvalue weighted by atomic mass is 16.5. The summed E-state index contributed by atoms with van der Waals surface area (Å²) in [6, 6.07) is 0. The van der Waals surface area contributed by atoms with Gasteiger partial charge in [-0.25, -0.2) is 0 Å². The fourth-order valence-electron chi connectivity index (χ4n) is 0.474. The summed E-state index contributed by atoms with van der Waals surface area (Å²) in [7, 11) is 0. The van der Waals surface area contributed by atoms with E-state index in [1.54, 1.807) is 6.92 Å². The van der Waals surface area contributed by atoms with Crippen LogP contribution >= 0.6 is 0 Å². The first-order chi connectivity index (χ1) is 4.70. The van der Waals surface area contributed by atoms with Crippen LogP contribution in [0.25, 0.3) is 0 Å². The van der Waals surface area contributed by atoms with Crippen LogP contribution < -0.4 is 0 Å². The van der Waals surface area contributed by atoms with Crippen molar-refractivity contribution < 1.29 is 14.6 Å². The molecule has 0 saturated heterocycles. The van der Waals surface area contributed by atoms with E-state index in [2.05, 4.69) is 11.3 Å². The number of aliphatic hydroxyl groups is 1. The van der Waals surface area contributed by atoms with Crippen molar-refractivity contribution in [1.29, 1.82) is 0 Å². The fraction of sp³-hybridized carbons (Fsp3) is 0.571. The molecule has 0 spiro atoms. The van der Waals surface area contributed by atoms with E-state index in [4.69, 9.17) is 5.11 Å². The minimum atomic E-state index is -0.779. The van der Waals surface area contributed by atoms with Crippen LogP contribution in [0.15, 0.2) is 12.7 Å². The van der Waals surface area contributed by atoms with Gasteiger partial charge < -0.3 is 9.84 Å². The van der Waals surface area contributed by atoms with E-state index in [1.807, 2.05) is 0 Å². The highest BCUT2D eigenvalue weighted by Gasteiger charge is 2.06. The third kappa shape index (κ3) is 4.09. The van der Waals surface area contributed by atoms with Crippen molar-refractivity contribution in [2.45, 2.75) is 19.4 Å². The number of carbonyl (C=O) groups excluding carboxylic acids is 1. The summed E-state index contributed by atoms with van der Waals surface area (Å²) < 4.78 is 4.57. The van der Waals surface area contributed by atoms with E-state index < -0.39 is 12.1 Å². The lowest BCUT2D eigenvalue weighted by Gasteiger charge is -2.03. The monoisotopic (exact) mass is 144 g/mol. The molecule has 0 aromatic heterocycles. The van der Waals surface area contributed by atoms with Gasteiger partial charge in [-0.15, -0.1) is 6.58 Å². The summed E-state index contributed by atoms with van der Waals surface area (Å²) in [5.41, 5.74) is 0. The number of hydrogen-bond acceptors (Lipinski definition) is 3. The molecule has 1 N–H and O–H groups in total. The average molecular weight is 144 g/mol. The van der Waals surface area contributed by atoms with Gasteiger partial charge in [-0.2, -0.15) is 0 Å². The van der Waals surface area contributed by atoms with Crippen LogP contribution in [0.1, 0.15) is 13.3 Å². The zero-order valence-electron chi connectivity index (χ0n) is 6.04. The highest BCUT2D eigenvalue weighted by Crippen LogP contribution is 1.94. The molecule has 0 fully saturated rings. The largest absolute Gasteiger partial charge is 0.466 e. The molecule has 10 heavy (non-hydrogen) atoms. The van der Waals surface area contributed by atoms with Crippen LogP contribution in [-0.2, 0) is 9.53 Å². The molecule has 0 aliphatic carbocycles. The Bertz CT molecular complexity index is 120. The lowest BCUT2D eigenvalue weighted by molar-refractivity contribution is -0.144. The van der Waals surface area contributed by atoms with Crippen molar-refractivity contribution in [3.63, 3.8) is 0 Å². The van der Waals surface area contributed by atoms with Crippen LogP contribution in [0.2, 0.25) is 0 Å². The Morgan fingerprint density at radius 3 is 2.90 bits per heavy atom. The van der Waals surface area contributed by atoms with Gasteiger partial charge in [0.05, 0.1) is 19.1 Å². The van der Waals surface area contributed by atoms with E-state index >= 15 is 0 Å². The molecule has 0 saturated carbocycles. The summed E-state index contributed by atoms with van der Waals surface area (Å²) in [4.78, 5) is 10.6. The van der Waals surface area contributed by atoms with Gasteiger partial charge in [-0.3, -0.25) is 4.79 Å². The maximum atomic E-state index is 10.6. The topological polar surface area (TPSA) is 46.5 Å². The molecule has 0 bridgehead atoms. The number of hydrogen-bond donors (Lipinski definition) is 1. The highest BCUT2D eigenvalue weighted by molar-refractivity contribution is 5.70. The molecule has 0 aliphatic rings. The molecular weight excluding hydrogens is 132 g/mol. The Balaban J connectivity index is 3.46. The summed E-state index contributed by atoms with van der Waals surface area (Å²) in [5, 5.41) is 8.84. The Labute approximate surface area is 60.3 Å². The molecule has 0 aliphatic heterocycles. The molecule has 0 aromatic rings. The maximum Gasteiger partial charge on any atom is 0.308 e. The Morgan fingerprint density at radius 1 is 1.90 bits per heavy atom. The van der Waals surface area contributed by atoms with E-state index in [1.165, 1.54) is 6.08 Å². The van der Waals surface area contributed by atoms with Crippen molar-refractivity contribution >= 4 is 5.97 Å².